The van der Waals surface area contributed by atoms with Gasteiger partial charge in [-0.05, 0) is 26.9 Å². The van der Waals surface area contributed by atoms with Crippen LogP contribution in [0.3, 0.4) is 0 Å². The summed E-state index contributed by atoms with van der Waals surface area (Å²) in [5.41, 5.74) is 0. The first-order valence-corrected chi connectivity index (χ1v) is 5.53. The minimum atomic E-state index is 0.215. The largest absolute Gasteiger partial charge is 0.343 e. The van der Waals surface area contributed by atoms with Crippen molar-refractivity contribution in [3.63, 3.8) is 0 Å². The Bertz CT molecular complexity index is 161. The van der Waals surface area contributed by atoms with Crippen LogP contribution < -0.4 is 0 Å². The van der Waals surface area contributed by atoms with Crippen molar-refractivity contribution in [3.8, 4) is 0 Å². The third-order valence-electron chi connectivity index (χ3n) is 2.64. The fraction of sp³-hybridized carbons (Fsp3) is 0.909. The summed E-state index contributed by atoms with van der Waals surface area (Å²) in [4.78, 5) is 15.2. The smallest absolute Gasteiger partial charge is 0.219 e. The Balaban J connectivity index is 0.000000791. The van der Waals surface area contributed by atoms with E-state index in [0.717, 1.165) is 25.9 Å². The second kappa shape index (κ2) is 6.82. The van der Waals surface area contributed by atoms with Crippen molar-refractivity contribution >= 4 is 5.91 Å². The predicted molar refractivity (Wildman–Crippen MR) is 60.3 cm³/mol. The number of likely N-dealkylation sites (tertiary alicyclic amines) is 1. The fourth-order valence-electron chi connectivity index (χ4n) is 1.70. The Morgan fingerprint density at radius 1 is 1.21 bits per heavy atom. The summed E-state index contributed by atoms with van der Waals surface area (Å²) in [6, 6.07) is 0.667. The van der Waals surface area contributed by atoms with Crippen LogP contribution in [0.15, 0.2) is 0 Å². The molecule has 1 aliphatic rings. The van der Waals surface area contributed by atoms with E-state index in [1.165, 1.54) is 0 Å². The maximum Gasteiger partial charge on any atom is 0.219 e. The van der Waals surface area contributed by atoms with Crippen LogP contribution in [0.1, 0.15) is 33.6 Å². The lowest BCUT2D eigenvalue weighted by Gasteiger charge is -2.34. The minimum absolute atomic E-state index is 0.215. The van der Waals surface area contributed by atoms with Crippen LogP contribution in [0.25, 0.3) is 0 Å². The SMILES string of the molecule is CC.CC(=O)N1CCC(N(C)C)CC1. The Hall–Kier alpha value is -0.570. The molecule has 0 aliphatic carbocycles. The molecule has 84 valence electrons. The van der Waals surface area contributed by atoms with Gasteiger partial charge >= 0.3 is 0 Å². The van der Waals surface area contributed by atoms with Crippen LogP contribution >= 0.6 is 0 Å². The molecule has 0 N–H and O–H groups in total. The number of hydrogen-bond donors (Lipinski definition) is 0. The zero-order valence-corrected chi connectivity index (χ0v) is 10.2. The van der Waals surface area contributed by atoms with Crippen molar-refractivity contribution in [3.05, 3.63) is 0 Å². The number of rotatable bonds is 1. The highest BCUT2D eigenvalue weighted by molar-refractivity contribution is 5.73. The lowest BCUT2D eigenvalue weighted by molar-refractivity contribution is -0.130. The zero-order chi connectivity index (χ0) is 11.1. The van der Waals surface area contributed by atoms with E-state index in [1.807, 2.05) is 18.7 Å². The summed E-state index contributed by atoms with van der Waals surface area (Å²) in [5, 5.41) is 0. The number of nitrogens with zero attached hydrogens (tertiary/aromatic N) is 2. The van der Waals surface area contributed by atoms with E-state index in [-0.39, 0.29) is 5.91 Å². The van der Waals surface area contributed by atoms with Crippen molar-refractivity contribution in [1.29, 1.82) is 0 Å². The number of amides is 1. The molecule has 1 fully saturated rings. The third kappa shape index (κ3) is 4.09. The summed E-state index contributed by atoms with van der Waals surface area (Å²) in [7, 11) is 4.21. The van der Waals surface area contributed by atoms with Gasteiger partial charge in [0.25, 0.3) is 0 Å². The molecule has 1 heterocycles. The van der Waals surface area contributed by atoms with E-state index in [0.29, 0.717) is 6.04 Å². The van der Waals surface area contributed by atoms with Crippen molar-refractivity contribution in [2.75, 3.05) is 27.2 Å². The predicted octanol–water partition coefficient (Wildman–Crippen LogP) is 1.59. The molecule has 3 nitrogen and oxygen atoms in total. The highest BCUT2D eigenvalue weighted by atomic mass is 16.2. The maximum absolute atomic E-state index is 11.0. The molecule has 0 aromatic carbocycles. The highest BCUT2D eigenvalue weighted by Gasteiger charge is 2.21. The van der Waals surface area contributed by atoms with Crippen molar-refractivity contribution in [1.82, 2.24) is 9.80 Å². The van der Waals surface area contributed by atoms with Crippen molar-refractivity contribution < 1.29 is 4.79 Å². The summed E-state index contributed by atoms with van der Waals surface area (Å²) in [5.74, 6) is 0.215. The molecule has 1 aliphatic heterocycles. The topological polar surface area (TPSA) is 23.6 Å². The number of hydrogen-bond acceptors (Lipinski definition) is 2. The lowest BCUT2D eigenvalue weighted by Crippen LogP contribution is -2.43. The van der Waals surface area contributed by atoms with E-state index < -0.39 is 0 Å². The summed E-state index contributed by atoms with van der Waals surface area (Å²) in [6.45, 7) is 7.51. The van der Waals surface area contributed by atoms with Gasteiger partial charge in [-0.2, -0.15) is 0 Å². The van der Waals surface area contributed by atoms with Gasteiger partial charge in [-0.15, -0.1) is 0 Å². The van der Waals surface area contributed by atoms with Crippen molar-refractivity contribution in [2.45, 2.75) is 39.7 Å². The molecule has 0 saturated carbocycles. The molecule has 0 radical (unpaired) electrons. The van der Waals surface area contributed by atoms with E-state index in [2.05, 4.69) is 19.0 Å². The zero-order valence-electron chi connectivity index (χ0n) is 10.2. The Morgan fingerprint density at radius 3 is 1.93 bits per heavy atom. The van der Waals surface area contributed by atoms with Crippen LogP contribution in [-0.4, -0.2) is 48.9 Å². The maximum atomic E-state index is 11.0. The first-order valence-electron chi connectivity index (χ1n) is 5.53. The van der Waals surface area contributed by atoms with Crippen LogP contribution in [0.2, 0.25) is 0 Å². The number of piperidine rings is 1. The van der Waals surface area contributed by atoms with Gasteiger partial charge in [0.1, 0.15) is 0 Å². The fourth-order valence-corrected chi connectivity index (χ4v) is 1.70. The molecular weight excluding hydrogens is 176 g/mol. The van der Waals surface area contributed by atoms with Gasteiger partial charge in [0.05, 0.1) is 0 Å². The van der Waals surface area contributed by atoms with Crippen LogP contribution in [0.4, 0.5) is 0 Å². The summed E-state index contributed by atoms with van der Waals surface area (Å²) in [6.07, 6.45) is 2.24. The molecule has 0 spiro atoms. The molecule has 1 amide bonds. The first kappa shape index (κ1) is 13.4. The van der Waals surface area contributed by atoms with Crippen LogP contribution in [0.5, 0.6) is 0 Å². The molecule has 0 aromatic heterocycles. The van der Waals surface area contributed by atoms with Gasteiger partial charge in [0.2, 0.25) is 5.91 Å². The van der Waals surface area contributed by atoms with Gasteiger partial charge in [-0.1, -0.05) is 13.8 Å². The lowest BCUT2D eigenvalue weighted by atomic mass is 10.0. The third-order valence-corrected chi connectivity index (χ3v) is 2.64. The van der Waals surface area contributed by atoms with Crippen LogP contribution in [0, 0.1) is 0 Å². The molecular formula is C11H24N2O. The van der Waals surface area contributed by atoms with Crippen molar-refractivity contribution in [2.24, 2.45) is 0 Å². The van der Waals surface area contributed by atoms with Crippen LogP contribution in [-0.2, 0) is 4.79 Å². The van der Waals surface area contributed by atoms with E-state index in [9.17, 15) is 4.79 Å². The van der Waals surface area contributed by atoms with Gasteiger partial charge in [0, 0.05) is 26.1 Å². The van der Waals surface area contributed by atoms with Gasteiger partial charge in [-0.25, -0.2) is 0 Å². The summed E-state index contributed by atoms with van der Waals surface area (Å²) < 4.78 is 0. The first-order chi connectivity index (χ1) is 6.61. The highest BCUT2D eigenvalue weighted by Crippen LogP contribution is 2.13. The van der Waals surface area contributed by atoms with E-state index in [4.69, 9.17) is 0 Å². The second-order valence-corrected chi connectivity index (χ2v) is 3.70. The molecule has 0 atom stereocenters. The normalized spacial score (nSPS) is 17.7. The van der Waals surface area contributed by atoms with E-state index in [1.54, 1.807) is 6.92 Å². The average Bonchev–Trinajstić information content (AvgIpc) is 2.21. The molecule has 0 unspecified atom stereocenters. The molecule has 0 bridgehead atoms. The minimum Gasteiger partial charge on any atom is -0.343 e. The standard InChI is InChI=1S/C9H18N2O.C2H6/c1-8(12)11-6-4-9(5-7-11)10(2)3;1-2/h9H,4-7H2,1-3H3;1-2H3. The van der Waals surface area contributed by atoms with Gasteiger partial charge in [0.15, 0.2) is 0 Å². The molecule has 0 aromatic rings. The number of carbonyl (C=O) groups is 1. The Labute approximate surface area is 88.1 Å². The molecule has 14 heavy (non-hydrogen) atoms. The quantitative estimate of drug-likeness (QED) is 0.641. The summed E-state index contributed by atoms with van der Waals surface area (Å²) >= 11 is 0. The monoisotopic (exact) mass is 200 g/mol. The second-order valence-electron chi connectivity index (χ2n) is 3.70. The molecule has 3 heteroatoms. The van der Waals surface area contributed by atoms with E-state index >= 15 is 0 Å². The average molecular weight is 200 g/mol. The van der Waals surface area contributed by atoms with Gasteiger partial charge in [-0.3, -0.25) is 4.79 Å². The molecule has 1 saturated heterocycles. The Kier molecular flexibility index (Phi) is 6.54. The van der Waals surface area contributed by atoms with Gasteiger partial charge < -0.3 is 9.80 Å². The Morgan fingerprint density at radius 2 is 1.64 bits per heavy atom. The molecule has 1 rings (SSSR count). The number of carbonyl (C=O) groups excluding carboxylic acids is 1.